The predicted octanol–water partition coefficient (Wildman–Crippen LogP) is 3.25. The van der Waals surface area contributed by atoms with Gasteiger partial charge in [0, 0.05) is 13.5 Å². The first kappa shape index (κ1) is 17.9. The first-order chi connectivity index (χ1) is 11.0. The second kappa shape index (κ2) is 7.89. The van der Waals surface area contributed by atoms with Crippen LogP contribution in [0.1, 0.15) is 32.8 Å². The lowest BCUT2D eigenvalue weighted by atomic mass is 9.96. The van der Waals surface area contributed by atoms with Gasteiger partial charge in [0.2, 0.25) is 0 Å². The van der Waals surface area contributed by atoms with E-state index in [1.54, 1.807) is 7.11 Å². The molecule has 4 atom stereocenters. The number of nitriles is 1. The smallest absolute Gasteiger partial charge is 0.189 e. The van der Waals surface area contributed by atoms with Crippen molar-refractivity contribution in [3.8, 4) is 6.07 Å². The molecule has 1 fully saturated rings. The molecule has 0 amide bonds. The zero-order valence-corrected chi connectivity index (χ0v) is 14.2. The lowest BCUT2D eigenvalue weighted by Gasteiger charge is -2.30. The van der Waals surface area contributed by atoms with Gasteiger partial charge in [0.05, 0.1) is 18.8 Å². The zero-order chi connectivity index (χ0) is 16.9. The van der Waals surface area contributed by atoms with Crippen molar-refractivity contribution in [2.75, 3.05) is 7.11 Å². The summed E-state index contributed by atoms with van der Waals surface area (Å²) in [7, 11) is 1.59. The standard InChI is InChI=1S/C18H25NO4/c1-13(10-11-19)15(21-12-14-8-6-5-7-9-14)16-17(20-4)23-18(2,3)22-16/h5-9,13,15-17H,10,12H2,1-4H3. The average Bonchev–Trinajstić information content (AvgIpc) is 2.84. The minimum Gasteiger partial charge on any atom is -0.370 e. The molecule has 5 nitrogen and oxygen atoms in total. The van der Waals surface area contributed by atoms with Gasteiger partial charge in [0.1, 0.15) is 6.10 Å². The van der Waals surface area contributed by atoms with Crippen LogP contribution in [0, 0.1) is 17.2 Å². The molecule has 1 heterocycles. The van der Waals surface area contributed by atoms with Crippen LogP contribution in [0.5, 0.6) is 0 Å². The molecule has 1 aliphatic heterocycles. The molecule has 0 saturated carbocycles. The molecule has 23 heavy (non-hydrogen) atoms. The second-order valence-corrected chi connectivity index (χ2v) is 6.30. The van der Waals surface area contributed by atoms with Crippen molar-refractivity contribution in [1.29, 1.82) is 5.26 Å². The molecule has 1 aromatic rings. The number of hydrogen-bond acceptors (Lipinski definition) is 5. The molecular weight excluding hydrogens is 294 g/mol. The van der Waals surface area contributed by atoms with Crippen LogP contribution in [0.25, 0.3) is 0 Å². The molecule has 0 N–H and O–H groups in total. The van der Waals surface area contributed by atoms with E-state index in [9.17, 15) is 0 Å². The summed E-state index contributed by atoms with van der Waals surface area (Å²) in [4.78, 5) is 0. The summed E-state index contributed by atoms with van der Waals surface area (Å²) < 4.78 is 23.3. The van der Waals surface area contributed by atoms with E-state index in [2.05, 4.69) is 6.07 Å². The molecule has 1 saturated heterocycles. The lowest BCUT2D eigenvalue weighted by molar-refractivity contribution is -0.183. The van der Waals surface area contributed by atoms with Gasteiger partial charge in [-0.3, -0.25) is 0 Å². The Kier molecular flexibility index (Phi) is 6.14. The summed E-state index contributed by atoms with van der Waals surface area (Å²) in [6.45, 7) is 6.14. The monoisotopic (exact) mass is 319 g/mol. The molecule has 5 heteroatoms. The number of ether oxygens (including phenoxy) is 4. The van der Waals surface area contributed by atoms with E-state index >= 15 is 0 Å². The van der Waals surface area contributed by atoms with Gasteiger partial charge in [0.25, 0.3) is 0 Å². The molecule has 1 aliphatic rings. The number of rotatable bonds is 7. The highest BCUT2D eigenvalue weighted by atomic mass is 16.8. The highest BCUT2D eigenvalue weighted by Crippen LogP contribution is 2.34. The third-order valence-corrected chi connectivity index (χ3v) is 3.90. The quantitative estimate of drug-likeness (QED) is 0.772. The van der Waals surface area contributed by atoms with Crippen LogP contribution in [0.2, 0.25) is 0 Å². The molecule has 0 spiro atoms. The Labute approximate surface area is 138 Å². The van der Waals surface area contributed by atoms with E-state index in [0.717, 1.165) is 5.56 Å². The normalized spacial score (nSPS) is 25.7. The van der Waals surface area contributed by atoms with E-state index in [4.69, 9.17) is 24.2 Å². The van der Waals surface area contributed by atoms with E-state index < -0.39 is 12.1 Å². The number of methoxy groups -OCH3 is 1. The molecule has 0 bridgehead atoms. The minimum absolute atomic E-state index is 0.00358. The molecule has 0 aliphatic carbocycles. The fourth-order valence-electron chi connectivity index (χ4n) is 2.77. The number of benzene rings is 1. The first-order valence-electron chi connectivity index (χ1n) is 7.87. The molecule has 0 radical (unpaired) electrons. The maximum absolute atomic E-state index is 9.03. The zero-order valence-electron chi connectivity index (χ0n) is 14.2. The van der Waals surface area contributed by atoms with Gasteiger partial charge in [-0.05, 0) is 25.3 Å². The number of hydrogen-bond donors (Lipinski definition) is 0. The van der Waals surface area contributed by atoms with Crippen LogP contribution in [-0.4, -0.2) is 31.4 Å². The maximum Gasteiger partial charge on any atom is 0.189 e. The van der Waals surface area contributed by atoms with Crippen LogP contribution in [-0.2, 0) is 25.6 Å². The average molecular weight is 319 g/mol. The highest BCUT2D eigenvalue weighted by Gasteiger charge is 2.47. The predicted molar refractivity (Wildman–Crippen MR) is 85.2 cm³/mol. The summed E-state index contributed by atoms with van der Waals surface area (Å²) >= 11 is 0. The molecule has 4 unspecified atom stereocenters. The van der Waals surface area contributed by atoms with Gasteiger partial charge in [-0.25, -0.2) is 0 Å². The second-order valence-electron chi connectivity index (χ2n) is 6.30. The van der Waals surface area contributed by atoms with Crippen molar-refractivity contribution in [3.05, 3.63) is 35.9 Å². The van der Waals surface area contributed by atoms with Crippen LogP contribution in [0.4, 0.5) is 0 Å². The third-order valence-electron chi connectivity index (χ3n) is 3.90. The topological polar surface area (TPSA) is 60.7 Å². The molecule has 126 valence electrons. The highest BCUT2D eigenvalue weighted by molar-refractivity contribution is 5.13. The van der Waals surface area contributed by atoms with E-state index in [0.29, 0.717) is 13.0 Å². The summed E-state index contributed by atoms with van der Waals surface area (Å²) in [5, 5.41) is 9.03. The molecule has 0 aromatic heterocycles. The largest absolute Gasteiger partial charge is 0.370 e. The fraction of sp³-hybridized carbons (Fsp3) is 0.611. The first-order valence-corrected chi connectivity index (χ1v) is 7.87. The van der Waals surface area contributed by atoms with Crippen LogP contribution < -0.4 is 0 Å². The van der Waals surface area contributed by atoms with Crippen molar-refractivity contribution in [2.24, 2.45) is 5.92 Å². The number of nitrogens with zero attached hydrogens (tertiary/aromatic N) is 1. The SMILES string of the molecule is COC1OC(C)(C)OC1C(OCc1ccccc1)C(C)CC#N. The van der Waals surface area contributed by atoms with Crippen LogP contribution in [0.3, 0.4) is 0 Å². The molecule has 1 aromatic carbocycles. The fourth-order valence-corrected chi connectivity index (χ4v) is 2.77. The van der Waals surface area contributed by atoms with Crippen LogP contribution in [0.15, 0.2) is 30.3 Å². The van der Waals surface area contributed by atoms with E-state index in [1.807, 2.05) is 51.1 Å². The molecular formula is C18H25NO4. The summed E-state index contributed by atoms with van der Waals surface area (Å²) in [6.07, 6.45) is -0.786. The Morgan fingerprint density at radius 3 is 2.57 bits per heavy atom. The Morgan fingerprint density at radius 1 is 1.26 bits per heavy atom. The Balaban J connectivity index is 2.12. The summed E-state index contributed by atoms with van der Waals surface area (Å²) in [5.41, 5.74) is 1.08. The Bertz CT molecular complexity index is 526. The lowest BCUT2D eigenvalue weighted by Crippen LogP contribution is -2.42. The van der Waals surface area contributed by atoms with Crippen LogP contribution >= 0.6 is 0 Å². The van der Waals surface area contributed by atoms with Gasteiger partial charge >= 0.3 is 0 Å². The van der Waals surface area contributed by atoms with E-state index in [-0.39, 0.29) is 18.1 Å². The van der Waals surface area contributed by atoms with Gasteiger partial charge in [-0.15, -0.1) is 0 Å². The van der Waals surface area contributed by atoms with Gasteiger partial charge in [-0.1, -0.05) is 37.3 Å². The third kappa shape index (κ3) is 4.76. The van der Waals surface area contributed by atoms with Crippen molar-refractivity contribution in [1.82, 2.24) is 0 Å². The van der Waals surface area contributed by atoms with Crippen molar-refractivity contribution >= 4 is 0 Å². The Morgan fingerprint density at radius 2 is 1.96 bits per heavy atom. The Hall–Kier alpha value is -1.45. The minimum atomic E-state index is -0.730. The van der Waals surface area contributed by atoms with E-state index in [1.165, 1.54) is 0 Å². The van der Waals surface area contributed by atoms with Crippen molar-refractivity contribution < 1.29 is 18.9 Å². The maximum atomic E-state index is 9.03. The van der Waals surface area contributed by atoms with Gasteiger partial charge in [0.15, 0.2) is 12.1 Å². The van der Waals surface area contributed by atoms with Gasteiger partial charge in [-0.2, -0.15) is 5.26 Å². The van der Waals surface area contributed by atoms with Crippen molar-refractivity contribution in [3.63, 3.8) is 0 Å². The van der Waals surface area contributed by atoms with Crippen molar-refractivity contribution in [2.45, 2.75) is 58.1 Å². The summed E-state index contributed by atoms with van der Waals surface area (Å²) in [6, 6.07) is 12.1. The molecule has 2 rings (SSSR count). The van der Waals surface area contributed by atoms with Gasteiger partial charge < -0.3 is 18.9 Å². The summed E-state index contributed by atoms with van der Waals surface area (Å²) in [5.74, 6) is -0.727.